The fourth-order valence-corrected chi connectivity index (χ4v) is 2.97. The van der Waals surface area contributed by atoms with Crippen molar-refractivity contribution in [3.05, 3.63) is 0 Å². The molecule has 0 unspecified atom stereocenters. The van der Waals surface area contributed by atoms with Crippen LogP contribution in [0.3, 0.4) is 0 Å². The Morgan fingerprint density at radius 1 is 1.07 bits per heavy atom. The third-order valence-electron chi connectivity index (χ3n) is 1.72. The summed E-state index contributed by atoms with van der Waals surface area (Å²) in [6, 6.07) is 0. The maximum Gasteiger partial charge on any atom is 0.0531 e. The Morgan fingerprint density at radius 2 is 1.57 bits per heavy atom. The quantitative estimate of drug-likeness (QED) is 0.585. The van der Waals surface area contributed by atoms with Crippen molar-refractivity contribution in [2.45, 2.75) is 26.7 Å². The Hall–Kier alpha value is 0.310. The monoisotopic (exact) mass is 222 g/mol. The van der Waals surface area contributed by atoms with Crippen LogP contribution in [0.4, 0.5) is 0 Å². The molecule has 0 aromatic rings. The second-order valence-corrected chi connectivity index (χ2v) is 5.89. The molecule has 0 saturated carbocycles. The van der Waals surface area contributed by atoms with E-state index in [-0.39, 0.29) is 13.2 Å². The molecule has 3 nitrogen and oxygen atoms in total. The topological polar surface area (TPSA) is 49.7 Å². The van der Waals surface area contributed by atoms with Crippen molar-refractivity contribution in [3.63, 3.8) is 0 Å². The zero-order valence-electron chi connectivity index (χ0n) is 9.28. The Labute approximate surface area is 88.3 Å². The molecule has 0 amide bonds. The molecular formula is C10H23O3P. The first-order chi connectivity index (χ1) is 6.70. The second kappa shape index (κ2) is 9.85. The molecule has 0 aliphatic carbocycles. The van der Waals surface area contributed by atoms with Gasteiger partial charge < -0.3 is 14.7 Å². The molecule has 0 aliphatic heterocycles. The number of aliphatic hydroxyl groups excluding tert-OH is 2. The highest BCUT2D eigenvalue weighted by Crippen LogP contribution is 2.38. The van der Waals surface area contributed by atoms with E-state index in [2.05, 4.69) is 13.8 Å². The minimum absolute atomic E-state index is 0.239. The summed E-state index contributed by atoms with van der Waals surface area (Å²) in [4.78, 5) is 0. The zero-order chi connectivity index (χ0) is 10.8. The molecule has 0 saturated heterocycles. The first-order valence-corrected chi connectivity index (χ1v) is 6.93. The Morgan fingerprint density at radius 3 is 1.93 bits per heavy atom. The molecule has 0 fully saturated rings. The van der Waals surface area contributed by atoms with Gasteiger partial charge in [-0.3, -0.25) is 0 Å². The van der Waals surface area contributed by atoms with E-state index in [0.717, 1.165) is 31.8 Å². The first-order valence-electron chi connectivity index (χ1n) is 5.30. The number of hydrogen-bond donors (Lipinski definition) is 2. The van der Waals surface area contributed by atoms with Crippen LogP contribution >= 0.6 is 8.15 Å². The summed E-state index contributed by atoms with van der Waals surface area (Å²) >= 11 is 0. The van der Waals surface area contributed by atoms with Crippen LogP contribution in [-0.2, 0) is 4.52 Å². The lowest BCUT2D eigenvalue weighted by Crippen LogP contribution is -2.04. The van der Waals surface area contributed by atoms with Gasteiger partial charge in [-0.05, 0) is 31.1 Å². The van der Waals surface area contributed by atoms with Gasteiger partial charge in [0.25, 0.3) is 0 Å². The lowest BCUT2D eigenvalue weighted by atomic mass is 10.2. The fourth-order valence-electron chi connectivity index (χ4n) is 0.990. The van der Waals surface area contributed by atoms with Crippen LogP contribution in [0.15, 0.2) is 0 Å². The summed E-state index contributed by atoms with van der Waals surface area (Å²) in [6.45, 7) is 5.53. The van der Waals surface area contributed by atoms with E-state index in [0.29, 0.717) is 5.92 Å². The van der Waals surface area contributed by atoms with Crippen LogP contribution in [0.25, 0.3) is 0 Å². The van der Waals surface area contributed by atoms with Gasteiger partial charge in [-0.15, -0.1) is 0 Å². The fraction of sp³-hybridized carbons (Fsp3) is 1.00. The van der Waals surface area contributed by atoms with Gasteiger partial charge in [-0.1, -0.05) is 13.8 Å². The van der Waals surface area contributed by atoms with E-state index < -0.39 is 8.15 Å². The SMILES string of the molecule is CC(C)COP(CCCO)CCCO. The Bertz CT molecular complexity index is 112. The van der Waals surface area contributed by atoms with E-state index in [9.17, 15) is 0 Å². The Balaban J connectivity index is 3.60. The van der Waals surface area contributed by atoms with Gasteiger partial charge in [0.2, 0.25) is 0 Å². The van der Waals surface area contributed by atoms with Gasteiger partial charge in [0.1, 0.15) is 0 Å². The molecule has 0 aromatic carbocycles. The molecule has 0 rings (SSSR count). The van der Waals surface area contributed by atoms with E-state index in [1.54, 1.807) is 0 Å². The van der Waals surface area contributed by atoms with Crippen LogP contribution < -0.4 is 0 Å². The second-order valence-electron chi connectivity index (χ2n) is 3.77. The molecule has 0 atom stereocenters. The molecule has 0 radical (unpaired) electrons. The average molecular weight is 222 g/mol. The van der Waals surface area contributed by atoms with Crippen molar-refractivity contribution in [3.8, 4) is 0 Å². The highest BCUT2D eigenvalue weighted by Gasteiger charge is 2.09. The molecule has 0 aromatic heterocycles. The molecule has 14 heavy (non-hydrogen) atoms. The predicted octanol–water partition coefficient (Wildman–Crippen LogP) is 1.82. The van der Waals surface area contributed by atoms with Crippen molar-refractivity contribution >= 4 is 8.15 Å². The lowest BCUT2D eigenvalue weighted by Gasteiger charge is -2.18. The number of aliphatic hydroxyl groups is 2. The van der Waals surface area contributed by atoms with Gasteiger partial charge in [-0.2, -0.15) is 0 Å². The minimum atomic E-state index is -0.425. The van der Waals surface area contributed by atoms with Crippen LogP contribution in [0.1, 0.15) is 26.7 Å². The van der Waals surface area contributed by atoms with Crippen molar-refractivity contribution in [2.24, 2.45) is 5.92 Å². The smallest absolute Gasteiger partial charge is 0.0531 e. The highest BCUT2D eigenvalue weighted by atomic mass is 31.1. The molecule has 0 aliphatic rings. The van der Waals surface area contributed by atoms with Gasteiger partial charge in [0.05, 0.1) is 6.61 Å². The lowest BCUT2D eigenvalue weighted by molar-refractivity contribution is 0.277. The summed E-state index contributed by atoms with van der Waals surface area (Å²) in [5.74, 6) is 0.559. The standard InChI is InChI=1S/C10H23O3P/c1-10(2)9-13-14(7-3-5-11)8-4-6-12/h10-12H,3-9H2,1-2H3. The maximum absolute atomic E-state index is 8.72. The molecule has 4 heteroatoms. The third-order valence-corrected chi connectivity index (χ3v) is 3.87. The van der Waals surface area contributed by atoms with Crippen molar-refractivity contribution < 1.29 is 14.7 Å². The summed E-state index contributed by atoms with van der Waals surface area (Å²) < 4.78 is 5.75. The minimum Gasteiger partial charge on any atom is -0.396 e. The average Bonchev–Trinajstić information content (AvgIpc) is 2.16. The molecular weight excluding hydrogens is 199 g/mol. The molecule has 0 heterocycles. The van der Waals surface area contributed by atoms with Gasteiger partial charge in [-0.25, -0.2) is 0 Å². The van der Waals surface area contributed by atoms with Crippen molar-refractivity contribution in [2.75, 3.05) is 32.1 Å². The highest BCUT2D eigenvalue weighted by molar-refractivity contribution is 7.52. The largest absolute Gasteiger partial charge is 0.396 e. The summed E-state index contributed by atoms with van der Waals surface area (Å²) in [7, 11) is -0.425. The zero-order valence-corrected chi connectivity index (χ0v) is 10.2. The Kier molecular flexibility index (Phi) is 10.1. The molecule has 0 spiro atoms. The van der Waals surface area contributed by atoms with Crippen LogP contribution in [0, 0.1) is 5.92 Å². The molecule has 0 bridgehead atoms. The summed E-state index contributed by atoms with van der Waals surface area (Å²) in [6.07, 6.45) is 3.54. The predicted molar refractivity (Wildman–Crippen MR) is 60.8 cm³/mol. The van der Waals surface area contributed by atoms with E-state index in [1.165, 1.54) is 0 Å². The van der Waals surface area contributed by atoms with Crippen LogP contribution in [-0.4, -0.2) is 42.4 Å². The van der Waals surface area contributed by atoms with E-state index in [4.69, 9.17) is 14.7 Å². The van der Waals surface area contributed by atoms with Gasteiger partial charge in [0.15, 0.2) is 0 Å². The van der Waals surface area contributed by atoms with E-state index >= 15 is 0 Å². The van der Waals surface area contributed by atoms with Crippen LogP contribution in [0.2, 0.25) is 0 Å². The van der Waals surface area contributed by atoms with Gasteiger partial charge in [0, 0.05) is 21.4 Å². The molecule has 86 valence electrons. The van der Waals surface area contributed by atoms with E-state index in [1.807, 2.05) is 0 Å². The van der Waals surface area contributed by atoms with Crippen LogP contribution in [0.5, 0.6) is 0 Å². The number of hydrogen-bond acceptors (Lipinski definition) is 3. The summed E-state index contributed by atoms with van der Waals surface area (Å²) in [5.41, 5.74) is 0. The van der Waals surface area contributed by atoms with Crippen molar-refractivity contribution in [1.82, 2.24) is 0 Å². The first kappa shape index (κ1) is 14.3. The third kappa shape index (κ3) is 8.89. The normalized spacial score (nSPS) is 11.6. The van der Waals surface area contributed by atoms with Gasteiger partial charge >= 0.3 is 0 Å². The maximum atomic E-state index is 8.72. The summed E-state index contributed by atoms with van der Waals surface area (Å²) in [5, 5.41) is 17.4. The molecule has 2 N–H and O–H groups in total. The van der Waals surface area contributed by atoms with Crippen molar-refractivity contribution in [1.29, 1.82) is 0 Å². The number of rotatable bonds is 9.